The van der Waals surface area contributed by atoms with Gasteiger partial charge in [0.1, 0.15) is 0 Å². The summed E-state index contributed by atoms with van der Waals surface area (Å²) in [6.07, 6.45) is 7.41. The number of imidazole rings is 1. The average molecular weight is 291 g/mol. The van der Waals surface area contributed by atoms with Crippen molar-refractivity contribution in [2.75, 3.05) is 50.7 Å². The molecule has 6 nitrogen and oxygen atoms in total. The highest BCUT2D eigenvalue weighted by Gasteiger charge is 2.23. The molecule has 2 saturated heterocycles. The Bertz CT molecular complexity index is 472. The smallest absolute Gasteiger partial charge is 0.236 e. The van der Waals surface area contributed by atoms with Gasteiger partial charge in [0.25, 0.3) is 0 Å². The van der Waals surface area contributed by atoms with Crippen molar-refractivity contribution in [3.8, 4) is 0 Å². The first kappa shape index (κ1) is 14.4. The summed E-state index contributed by atoms with van der Waals surface area (Å²) in [5, 5.41) is 0. The minimum Gasteiger partial charge on any atom is -0.342 e. The Balaban J connectivity index is 1.47. The van der Waals surface area contributed by atoms with Gasteiger partial charge in [0.15, 0.2) is 0 Å². The lowest BCUT2D eigenvalue weighted by Gasteiger charge is -2.36. The maximum absolute atomic E-state index is 12.3. The lowest BCUT2D eigenvalue weighted by Crippen LogP contribution is -2.51. The van der Waals surface area contributed by atoms with Crippen molar-refractivity contribution >= 4 is 11.9 Å². The van der Waals surface area contributed by atoms with E-state index >= 15 is 0 Å². The Morgan fingerprint density at radius 2 is 1.81 bits per heavy atom. The standard InChI is InChI=1S/C15H25N5O/c1-17-8-5-16-15(17)20-11-9-18(10-12-20)13-14(21)19-6-3-2-4-7-19/h5,8H,2-4,6-7,9-13H2,1H3. The zero-order valence-corrected chi connectivity index (χ0v) is 12.9. The molecule has 3 rings (SSSR count). The first-order chi connectivity index (χ1) is 10.2. The molecule has 0 saturated carbocycles. The number of piperidine rings is 1. The number of piperazine rings is 1. The SMILES string of the molecule is Cn1ccnc1N1CCN(CC(=O)N2CCCCC2)CC1. The quantitative estimate of drug-likeness (QED) is 0.816. The Kier molecular flexibility index (Phi) is 4.43. The van der Waals surface area contributed by atoms with E-state index < -0.39 is 0 Å². The van der Waals surface area contributed by atoms with Crippen molar-refractivity contribution in [1.82, 2.24) is 19.4 Å². The summed E-state index contributed by atoms with van der Waals surface area (Å²) < 4.78 is 2.05. The molecule has 116 valence electrons. The van der Waals surface area contributed by atoms with E-state index in [4.69, 9.17) is 0 Å². The molecule has 0 spiro atoms. The number of amides is 1. The zero-order chi connectivity index (χ0) is 14.7. The third-order valence-electron chi connectivity index (χ3n) is 4.52. The van der Waals surface area contributed by atoms with Crippen molar-refractivity contribution < 1.29 is 4.79 Å². The van der Waals surface area contributed by atoms with Crippen molar-refractivity contribution in [3.63, 3.8) is 0 Å². The number of likely N-dealkylation sites (tertiary alicyclic amines) is 1. The maximum Gasteiger partial charge on any atom is 0.236 e. The zero-order valence-electron chi connectivity index (χ0n) is 12.9. The van der Waals surface area contributed by atoms with Gasteiger partial charge in [-0.1, -0.05) is 0 Å². The molecule has 0 unspecified atom stereocenters. The second kappa shape index (κ2) is 6.47. The second-order valence-electron chi connectivity index (χ2n) is 6.04. The Hall–Kier alpha value is -1.56. The first-order valence-electron chi connectivity index (χ1n) is 7.96. The van der Waals surface area contributed by atoms with E-state index in [1.807, 2.05) is 24.3 Å². The molecule has 0 aliphatic carbocycles. The molecular formula is C15H25N5O. The summed E-state index contributed by atoms with van der Waals surface area (Å²) in [7, 11) is 2.02. The van der Waals surface area contributed by atoms with Gasteiger partial charge >= 0.3 is 0 Å². The molecule has 0 atom stereocenters. The molecule has 1 aromatic rings. The Morgan fingerprint density at radius 3 is 2.43 bits per heavy atom. The van der Waals surface area contributed by atoms with Crippen LogP contribution in [-0.2, 0) is 11.8 Å². The van der Waals surface area contributed by atoms with Gasteiger partial charge < -0.3 is 14.4 Å². The number of hydrogen-bond donors (Lipinski definition) is 0. The lowest BCUT2D eigenvalue weighted by atomic mass is 10.1. The van der Waals surface area contributed by atoms with Gasteiger partial charge in [0.2, 0.25) is 11.9 Å². The van der Waals surface area contributed by atoms with E-state index in [1.165, 1.54) is 19.3 Å². The molecule has 0 aromatic carbocycles. The topological polar surface area (TPSA) is 44.6 Å². The van der Waals surface area contributed by atoms with E-state index in [-0.39, 0.29) is 0 Å². The fraction of sp³-hybridized carbons (Fsp3) is 0.733. The van der Waals surface area contributed by atoms with Crippen molar-refractivity contribution in [2.24, 2.45) is 7.05 Å². The molecule has 1 amide bonds. The second-order valence-corrected chi connectivity index (χ2v) is 6.04. The van der Waals surface area contributed by atoms with E-state index in [1.54, 1.807) is 0 Å². The molecular weight excluding hydrogens is 266 g/mol. The summed E-state index contributed by atoms with van der Waals surface area (Å²) in [4.78, 5) is 23.3. The molecule has 21 heavy (non-hydrogen) atoms. The average Bonchev–Trinajstić information content (AvgIpc) is 2.95. The molecule has 1 aromatic heterocycles. The van der Waals surface area contributed by atoms with Crippen LogP contribution in [0.25, 0.3) is 0 Å². The molecule has 2 aliphatic rings. The van der Waals surface area contributed by atoms with E-state index in [2.05, 4.69) is 19.4 Å². The number of carbonyl (C=O) groups is 1. The van der Waals surface area contributed by atoms with Crippen LogP contribution in [0.3, 0.4) is 0 Å². The summed E-state index contributed by atoms with van der Waals surface area (Å²) in [5.74, 6) is 1.33. The summed E-state index contributed by atoms with van der Waals surface area (Å²) in [5.41, 5.74) is 0. The van der Waals surface area contributed by atoms with Gasteiger partial charge in [0, 0.05) is 58.7 Å². The molecule has 2 aliphatic heterocycles. The minimum atomic E-state index is 0.306. The van der Waals surface area contributed by atoms with Crippen LogP contribution < -0.4 is 4.90 Å². The molecule has 6 heteroatoms. The normalized spacial score (nSPS) is 20.8. The number of anilines is 1. The number of aromatic nitrogens is 2. The lowest BCUT2D eigenvalue weighted by molar-refractivity contribution is -0.133. The Labute approximate surface area is 126 Å². The van der Waals surface area contributed by atoms with Gasteiger partial charge in [-0.25, -0.2) is 4.98 Å². The maximum atomic E-state index is 12.3. The van der Waals surface area contributed by atoms with Gasteiger partial charge in [-0.2, -0.15) is 0 Å². The summed E-state index contributed by atoms with van der Waals surface area (Å²) in [6.45, 7) is 6.24. The molecule has 3 heterocycles. The number of hydrogen-bond acceptors (Lipinski definition) is 4. The van der Waals surface area contributed by atoms with Crippen LogP contribution in [0.4, 0.5) is 5.95 Å². The van der Waals surface area contributed by atoms with Gasteiger partial charge in [0.05, 0.1) is 6.54 Å². The number of carbonyl (C=O) groups excluding carboxylic acids is 1. The van der Waals surface area contributed by atoms with Crippen LogP contribution in [-0.4, -0.2) is 71.1 Å². The van der Waals surface area contributed by atoms with Crippen molar-refractivity contribution in [2.45, 2.75) is 19.3 Å². The van der Waals surface area contributed by atoms with E-state index in [0.29, 0.717) is 12.5 Å². The van der Waals surface area contributed by atoms with Crippen LogP contribution in [0.5, 0.6) is 0 Å². The van der Waals surface area contributed by atoms with Crippen LogP contribution in [0.2, 0.25) is 0 Å². The van der Waals surface area contributed by atoms with E-state index in [9.17, 15) is 4.79 Å². The predicted octanol–water partition coefficient (Wildman–Crippen LogP) is 0.555. The highest BCUT2D eigenvalue weighted by Crippen LogP contribution is 2.14. The molecule has 0 radical (unpaired) electrons. The largest absolute Gasteiger partial charge is 0.342 e. The monoisotopic (exact) mass is 291 g/mol. The van der Waals surface area contributed by atoms with Crippen LogP contribution in [0, 0.1) is 0 Å². The van der Waals surface area contributed by atoms with Crippen molar-refractivity contribution in [1.29, 1.82) is 0 Å². The molecule has 2 fully saturated rings. The minimum absolute atomic E-state index is 0.306. The number of nitrogens with zero attached hydrogens (tertiary/aromatic N) is 5. The summed E-state index contributed by atoms with van der Waals surface area (Å²) in [6, 6.07) is 0. The van der Waals surface area contributed by atoms with Crippen molar-refractivity contribution in [3.05, 3.63) is 12.4 Å². The third-order valence-corrected chi connectivity index (χ3v) is 4.52. The van der Waals surface area contributed by atoms with Gasteiger partial charge in [-0.15, -0.1) is 0 Å². The van der Waals surface area contributed by atoms with Gasteiger partial charge in [-0.3, -0.25) is 9.69 Å². The summed E-state index contributed by atoms with van der Waals surface area (Å²) >= 11 is 0. The van der Waals surface area contributed by atoms with Crippen LogP contribution in [0.1, 0.15) is 19.3 Å². The fourth-order valence-electron chi connectivity index (χ4n) is 3.20. The fourth-order valence-corrected chi connectivity index (χ4v) is 3.20. The number of aryl methyl sites for hydroxylation is 1. The Morgan fingerprint density at radius 1 is 1.10 bits per heavy atom. The highest BCUT2D eigenvalue weighted by molar-refractivity contribution is 5.78. The third kappa shape index (κ3) is 3.37. The highest BCUT2D eigenvalue weighted by atomic mass is 16.2. The predicted molar refractivity (Wildman–Crippen MR) is 82.3 cm³/mol. The molecule has 0 N–H and O–H groups in total. The van der Waals surface area contributed by atoms with Crippen LogP contribution in [0.15, 0.2) is 12.4 Å². The van der Waals surface area contributed by atoms with Gasteiger partial charge in [-0.05, 0) is 19.3 Å². The first-order valence-corrected chi connectivity index (χ1v) is 7.96. The number of rotatable bonds is 3. The van der Waals surface area contributed by atoms with Crippen LogP contribution >= 0.6 is 0 Å². The van der Waals surface area contributed by atoms with E-state index in [0.717, 1.165) is 45.2 Å². The molecule has 0 bridgehead atoms.